The Morgan fingerprint density at radius 1 is 0.531 bits per heavy atom. The highest BCUT2D eigenvalue weighted by molar-refractivity contribution is 7.00. The normalized spacial score (nSPS) is 9.75. The van der Waals surface area contributed by atoms with Crippen LogP contribution in [0, 0.1) is 0 Å². The Kier molecular flexibility index (Phi) is 8.93. The lowest BCUT2D eigenvalue weighted by atomic mass is 9.92. The molecule has 3 aromatic rings. The topological polar surface area (TPSA) is 88.1 Å². The summed E-state index contributed by atoms with van der Waals surface area (Å²) >= 11 is 0. The Bertz CT molecular complexity index is 980. The van der Waals surface area contributed by atoms with Crippen LogP contribution >= 0.6 is 9.12 Å². The molecule has 0 heterocycles. The number of methoxy groups -OCH3 is 4. The number of hydrogen-bond acceptors (Lipinski definition) is 7. The summed E-state index contributed by atoms with van der Waals surface area (Å²) in [6.45, 7) is 0. The van der Waals surface area contributed by atoms with Crippen LogP contribution in [-0.2, 0) is 4.57 Å². The number of ether oxygens (including phenoxy) is 4. The molecule has 0 unspecified atom stereocenters. The minimum absolute atomic E-state index is 0.221. The first kappa shape index (κ1) is 24.6. The SMILES string of the molecule is COc1cccc(OC)c1C(=O)c1ccccc1C(=O)c1c(OC)cccc1OC.O=P. The molecule has 0 radical (unpaired) electrons. The van der Waals surface area contributed by atoms with Crippen molar-refractivity contribution in [1.29, 1.82) is 0 Å². The predicted molar refractivity (Wildman–Crippen MR) is 121 cm³/mol. The summed E-state index contributed by atoms with van der Waals surface area (Å²) in [6.07, 6.45) is 0. The molecule has 0 atom stereocenters. The highest BCUT2D eigenvalue weighted by Gasteiger charge is 2.27. The van der Waals surface area contributed by atoms with E-state index in [9.17, 15) is 9.59 Å². The highest BCUT2D eigenvalue weighted by atomic mass is 31.0. The number of ketones is 2. The van der Waals surface area contributed by atoms with Crippen LogP contribution in [0.4, 0.5) is 0 Å². The first-order chi connectivity index (χ1) is 15.6. The Hall–Kier alpha value is -3.70. The third-order valence-electron chi connectivity index (χ3n) is 4.73. The molecule has 3 aromatic carbocycles. The van der Waals surface area contributed by atoms with Crippen molar-refractivity contribution in [3.8, 4) is 23.0 Å². The molecule has 0 aliphatic rings. The molecular formula is C24H23O7P. The molecule has 0 spiro atoms. The zero-order chi connectivity index (χ0) is 23.7. The molecule has 0 aliphatic heterocycles. The maximum atomic E-state index is 13.5. The van der Waals surface area contributed by atoms with Crippen LogP contribution in [0.25, 0.3) is 0 Å². The van der Waals surface area contributed by atoms with Crippen molar-refractivity contribution >= 4 is 20.7 Å². The molecule has 0 amide bonds. The Labute approximate surface area is 188 Å². The molecule has 166 valence electrons. The van der Waals surface area contributed by atoms with Gasteiger partial charge in [0.25, 0.3) is 0 Å². The quantitative estimate of drug-likeness (QED) is 0.361. The van der Waals surface area contributed by atoms with Crippen molar-refractivity contribution in [2.24, 2.45) is 0 Å². The van der Waals surface area contributed by atoms with Gasteiger partial charge < -0.3 is 18.9 Å². The molecular weight excluding hydrogens is 431 g/mol. The van der Waals surface area contributed by atoms with Crippen molar-refractivity contribution in [2.45, 2.75) is 0 Å². The van der Waals surface area contributed by atoms with Crippen LogP contribution in [0.3, 0.4) is 0 Å². The van der Waals surface area contributed by atoms with E-state index < -0.39 is 0 Å². The lowest BCUT2D eigenvalue weighted by molar-refractivity contribution is 0.0996. The number of hydrogen-bond donors (Lipinski definition) is 0. The molecule has 8 heteroatoms. The second kappa shape index (κ2) is 11.6. The van der Waals surface area contributed by atoms with Crippen molar-refractivity contribution in [3.05, 3.63) is 82.9 Å². The fourth-order valence-corrected chi connectivity index (χ4v) is 3.30. The molecule has 32 heavy (non-hydrogen) atoms. The van der Waals surface area contributed by atoms with Gasteiger partial charge in [-0.05, 0) is 24.3 Å². The number of carbonyl (C=O) groups is 2. The smallest absolute Gasteiger partial charge is 0.201 e. The molecule has 0 bridgehead atoms. The van der Waals surface area contributed by atoms with E-state index in [1.807, 2.05) is 0 Å². The van der Waals surface area contributed by atoms with E-state index in [0.29, 0.717) is 23.0 Å². The number of rotatable bonds is 8. The van der Waals surface area contributed by atoms with E-state index in [1.165, 1.54) is 28.4 Å². The fourth-order valence-electron chi connectivity index (χ4n) is 3.30. The molecule has 0 aliphatic carbocycles. The summed E-state index contributed by atoms with van der Waals surface area (Å²) in [5.74, 6) is 0.658. The summed E-state index contributed by atoms with van der Waals surface area (Å²) in [6, 6.07) is 16.7. The average molecular weight is 454 g/mol. The standard InChI is InChI=1S/C24H22O6.HOP/c1-27-17-11-7-12-18(28-2)21(17)23(25)15-9-5-6-10-16(15)24(26)22-19(29-3)13-8-14-20(22)30-4;1-2/h5-14H,1-4H3;2H. The van der Waals surface area contributed by atoms with Gasteiger partial charge in [0.15, 0.2) is 0 Å². The van der Waals surface area contributed by atoms with Gasteiger partial charge in [-0.25, -0.2) is 0 Å². The van der Waals surface area contributed by atoms with Gasteiger partial charge in [-0.1, -0.05) is 36.4 Å². The van der Waals surface area contributed by atoms with Crippen molar-refractivity contribution in [1.82, 2.24) is 0 Å². The fraction of sp³-hybridized carbons (Fsp3) is 0.167. The summed E-state index contributed by atoms with van der Waals surface area (Å²) in [4.78, 5) is 27.0. The second-order valence-corrected chi connectivity index (χ2v) is 6.28. The van der Waals surface area contributed by atoms with E-state index >= 15 is 0 Å². The minimum atomic E-state index is -0.387. The van der Waals surface area contributed by atoms with Crippen LogP contribution in [-0.4, -0.2) is 40.0 Å². The van der Waals surface area contributed by atoms with Crippen LogP contribution in [0.5, 0.6) is 23.0 Å². The molecule has 0 saturated carbocycles. The van der Waals surface area contributed by atoms with Gasteiger partial charge >= 0.3 is 0 Å². The molecule has 3 rings (SSSR count). The molecule has 0 saturated heterocycles. The predicted octanol–water partition coefficient (Wildman–Crippen LogP) is 4.66. The molecule has 7 nitrogen and oxygen atoms in total. The first-order valence-corrected chi connectivity index (χ1v) is 9.79. The van der Waals surface area contributed by atoms with Crippen LogP contribution in [0.15, 0.2) is 60.7 Å². The third kappa shape index (κ3) is 4.79. The number of benzene rings is 3. The Morgan fingerprint density at radius 3 is 1.06 bits per heavy atom. The Balaban J connectivity index is 0.00000176. The van der Waals surface area contributed by atoms with Crippen molar-refractivity contribution in [3.63, 3.8) is 0 Å². The van der Waals surface area contributed by atoms with Gasteiger partial charge in [0, 0.05) is 11.1 Å². The number of carbonyl (C=O) groups excluding carboxylic acids is 2. The third-order valence-corrected chi connectivity index (χ3v) is 4.73. The van der Waals surface area contributed by atoms with Gasteiger partial charge in [0.05, 0.1) is 28.4 Å². The summed E-state index contributed by atoms with van der Waals surface area (Å²) in [5, 5.41) is 0. The van der Waals surface area contributed by atoms with Crippen molar-refractivity contribution in [2.75, 3.05) is 28.4 Å². The van der Waals surface area contributed by atoms with Crippen molar-refractivity contribution < 1.29 is 33.1 Å². The van der Waals surface area contributed by atoms with Crippen LogP contribution in [0.2, 0.25) is 0 Å². The zero-order valence-electron chi connectivity index (χ0n) is 18.1. The Morgan fingerprint density at radius 2 is 0.812 bits per heavy atom. The van der Waals surface area contributed by atoms with E-state index in [4.69, 9.17) is 23.5 Å². The largest absolute Gasteiger partial charge is 0.496 e. The van der Waals surface area contributed by atoms with Gasteiger partial charge in [0.2, 0.25) is 11.6 Å². The molecule has 0 fully saturated rings. The second-order valence-electron chi connectivity index (χ2n) is 6.28. The maximum absolute atomic E-state index is 13.5. The summed E-state index contributed by atoms with van der Waals surface area (Å²) < 4.78 is 29.5. The van der Waals surface area contributed by atoms with Gasteiger partial charge in [-0.3, -0.25) is 14.2 Å². The summed E-state index contributed by atoms with van der Waals surface area (Å²) in [7, 11) is 7.62. The van der Waals surface area contributed by atoms with E-state index in [0.717, 1.165) is 0 Å². The van der Waals surface area contributed by atoms with E-state index in [-0.39, 0.29) is 33.8 Å². The minimum Gasteiger partial charge on any atom is -0.496 e. The average Bonchev–Trinajstić information content (AvgIpc) is 2.87. The van der Waals surface area contributed by atoms with Crippen LogP contribution in [0.1, 0.15) is 31.8 Å². The van der Waals surface area contributed by atoms with Crippen LogP contribution < -0.4 is 18.9 Å². The van der Waals surface area contributed by atoms with Gasteiger partial charge in [-0.15, -0.1) is 0 Å². The summed E-state index contributed by atoms with van der Waals surface area (Å²) in [5.41, 5.74) is 0.931. The lowest BCUT2D eigenvalue weighted by Crippen LogP contribution is -2.14. The lowest BCUT2D eigenvalue weighted by Gasteiger charge is -2.16. The maximum Gasteiger partial charge on any atom is 0.201 e. The molecule has 0 N–H and O–H groups in total. The monoisotopic (exact) mass is 454 g/mol. The first-order valence-electron chi connectivity index (χ1n) is 9.38. The van der Waals surface area contributed by atoms with Gasteiger partial charge in [-0.2, -0.15) is 0 Å². The van der Waals surface area contributed by atoms with E-state index in [1.54, 1.807) is 69.8 Å². The van der Waals surface area contributed by atoms with E-state index in [2.05, 4.69) is 0 Å². The highest BCUT2D eigenvalue weighted by Crippen LogP contribution is 2.34. The zero-order valence-corrected chi connectivity index (χ0v) is 19.1. The molecule has 0 aromatic heterocycles. The van der Waals surface area contributed by atoms with Gasteiger partial charge in [0.1, 0.15) is 43.2 Å².